The molecule has 0 bridgehead atoms. The number of amides is 1. The number of ether oxygens (including phenoxy) is 3. The molecule has 1 N–H and O–H groups in total. The molecule has 5 nitrogen and oxygen atoms in total. The van der Waals surface area contributed by atoms with Crippen LogP contribution >= 0.6 is 0 Å². The minimum atomic E-state index is -0.260. The van der Waals surface area contributed by atoms with E-state index in [0.717, 1.165) is 12.0 Å². The summed E-state index contributed by atoms with van der Waals surface area (Å²) in [6.45, 7) is 8.89. The number of hydrogen-bond donors (Lipinski definition) is 1. The van der Waals surface area contributed by atoms with Gasteiger partial charge in [-0.25, -0.2) is 0 Å². The Hall–Kier alpha value is -2.69. The van der Waals surface area contributed by atoms with Gasteiger partial charge in [-0.3, -0.25) is 4.79 Å². The van der Waals surface area contributed by atoms with Crippen LogP contribution < -0.4 is 19.5 Å². The van der Waals surface area contributed by atoms with Gasteiger partial charge in [-0.05, 0) is 41.7 Å². The first-order valence-corrected chi connectivity index (χ1v) is 9.18. The third kappa shape index (κ3) is 5.91. The quantitative estimate of drug-likeness (QED) is 0.724. The molecule has 0 atom stereocenters. The number of carbonyl (C=O) groups is 1. The van der Waals surface area contributed by atoms with Crippen molar-refractivity contribution >= 4 is 11.6 Å². The first kappa shape index (κ1) is 20.6. The van der Waals surface area contributed by atoms with Crippen molar-refractivity contribution < 1.29 is 19.0 Å². The van der Waals surface area contributed by atoms with Gasteiger partial charge in [0.1, 0.15) is 5.75 Å². The number of para-hydroxylation sites is 2. The SMILES string of the molecule is CCCOc1ccccc1OCC(=O)Nc1cc(C(C)(C)C)ccc1OC. The third-order valence-corrected chi connectivity index (χ3v) is 4.01. The number of methoxy groups -OCH3 is 1. The van der Waals surface area contributed by atoms with Gasteiger partial charge in [-0.15, -0.1) is 0 Å². The van der Waals surface area contributed by atoms with Crippen molar-refractivity contribution in [3.05, 3.63) is 48.0 Å². The largest absolute Gasteiger partial charge is 0.495 e. The molecule has 0 spiro atoms. The van der Waals surface area contributed by atoms with Gasteiger partial charge in [-0.2, -0.15) is 0 Å². The van der Waals surface area contributed by atoms with Crippen LogP contribution in [0.5, 0.6) is 17.2 Å². The van der Waals surface area contributed by atoms with Gasteiger partial charge in [0, 0.05) is 0 Å². The summed E-state index contributed by atoms with van der Waals surface area (Å²) in [7, 11) is 1.58. The molecule has 0 aliphatic rings. The Labute approximate surface area is 161 Å². The lowest BCUT2D eigenvalue weighted by Crippen LogP contribution is -2.21. The van der Waals surface area contributed by atoms with Crippen LogP contribution in [0.2, 0.25) is 0 Å². The molecule has 146 valence electrons. The van der Waals surface area contributed by atoms with E-state index < -0.39 is 0 Å². The fraction of sp³-hybridized carbons (Fsp3) is 0.409. The van der Waals surface area contributed by atoms with E-state index in [4.69, 9.17) is 14.2 Å². The van der Waals surface area contributed by atoms with Gasteiger partial charge in [0.05, 0.1) is 19.4 Å². The van der Waals surface area contributed by atoms with E-state index in [9.17, 15) is 4.79 Å². The summed E-state index contributed by atoms with van der Waals surface area (Å²) in [6.07, 6.45) is 0.902. The lowest BCUT2D eigenvalue weighted by molar-refractivity contribution is -0.118. The summed E-state index contributed by atoms with van der Waals surface area (Å²) >= 11 is 0. The van der Waals surface area contributed by atoms with Gasteiger partial charge in [0.25, 0.3) is 5.91 Å². The minimum Gasteiger partial charge on any atom is -0.495 e. The van der Waals surface area contributed by atoms with Gasteiger partial charge in [0.15, 0.2) is 18.1 Å². The molecule has 2 aromatic carbocycles. The summed E-state index contributed by atoms with van der Waals surface area (Å²) in [5.41, 5.74) is 1.71. The number of nitrogens with one attached hydrogen (secondary N) is 1. The predicted molar refractivity (Wildman–Crippen MR) is 108 cm³/mol. The Morgan fingerprint density at radius 1 is 1.00 bits per heavy atom. The molecule has 5 heteroatoms. The van der Waals surface area contributed by atoms with Gasteiger partial charge in [0.2, 0.25) is 0 Å². The maximum Gasteiger partial charge on any atom is 0.262 e. The molecule has 1 amide bonds. The second-order valence-corrected chi connectivity index (χ2v) is 7.30. The van der Waals surface area contributed by atoms with Crippen LogP contribution in [0.25, 0.3) is 0 Å². The van der Waals surface area contributed by atoms with E-state index >= 15 is 0 Å². The lowest BCUT2D eigenvalue weighted by Gasteiger charge is -2.21. The third-order valence-electron chi connectivity index (χ3n) is 4.01. The molecule has 0 aromatic heterocycles. The molecule has 0 heterocycles. The molecule has 0 unspecified atom stereocenters. The zero-order valence-corrected chi connectivity index (χ0v) is 16.8. The zero-order chi connectivity index (χ0) is 19.9. The van der Waals surface area contributed by atoms with Gasteiger partial charge < -0.3 is 19.5 Å². The van der Waals surface area contributed by atoms with Crippen LogP contribution in [0, 0.1) is 0 Å². The van der Waals surface area contributed by atoms with Crippen LogP contribution in [-0.2, 0) is 10.2 Å². The van der Waals surface area contributed by atoms with Crippen molar-refractivity contribution in [2.24, 2.45) is 0 Å². The fourth-order valence-corrected chi connectivity index (χ4v) is 2.50. The predicted octanol–water partition coefficient (Wildman–Crippen LogP) is 4.80. The van der Waals surface area contributed by atoms with Crippen LogP contribution in [0.1, 0.15) is 39.7 Å². The molecule has 0 aliphatic carbocycles. The summed E-state index contributed by atoms with van der Waals surface area (Å²) < 4.78 is 16.7. The molecule has 2 aromatic rings. The van der Waals surface area contributed by atoms with E-state index in [1.54, 1.807) is 13.2 Å². The highest BCUT2D eigenvalue weighted by Gasteiger charge is 2.17. The Morgan fingerprint density at radius 3 is 2.26 bits per heavy atom. The monoisotopic (exact) mass is 371 g/mol. The second-order valence-electron chi connectivity index (χ2n) is 7.30. The Morgan fingerprint density at radius 2 is 1.67 bits per heavy atom. The standard InChI is InChI=1S/C22H29NO4/c1-6-13-26-19-9-7-8-10-20(19)27-15-21(24)23-17-14-16(22(2,3)4)11-12-18(17)25-5/h7-12,14H,6,13,15H2,1-5H3,(H,23,24). The summed E-state index contributed by atoms with van der Waals surface area (Å²) in [5.74, 6) is 1.55. The van der Waals surface area contributed by atoms with Crippen molar-refractivity contribution in [3.8, 4) is 17.2 Å². The Bertz CT molecular complexity index is 765. The average molecular weight is 371 g/mol. The van der Waals surface area contributed by atoms with E-state index in [-0.39, 0.29) is 17.9 Å². The smallest absolute Gasteiger partial charge is 0.262 e. The van der Waals surface area contributed by atoms with Crippen molar-refractivity contribution in [1.82, 2.24) is 0 Å². The van der Waals surface area contributed by atoms with Crippen LogP contribution in [0.4, 0.5) is 5.69 Å². The topological polar surface area (TPSA) is 56.8 Å². The van der Waals surface area contributed by atoms with E-state index in [2.05, 4.69) is 26.1 Å². The minimum absolute atomic E-state index is 0.0300. The normalized spacial score (nSPS) is 11.0. The van der Waals surface area contributed by atoms with Crippen LogP contribution in [0.15, 0.2) is 42.5 Å². The number of rotatable bonds is 8. The Kier molecular flexibility index (Phi) is 7.11. The van der Waals surface area contributed by atoms with E-state index in [1.807, 2.05) is 43.3 Å². The zero-order valence-electron chi connectivity index (χ0n) is 16.8. The molecule has 0 saturated carbocycles. The Balaban J connectivity index is 2.06. The average Bonchev–Trinajstić information content (AvgIpc) is 2.64. The maximum atomic E-state index is 12.4. The fourth-order valence-electron chi connectivity index (χ4n) is 2.50. The van der Waals surface area contributed by atoms with Gasteiger partial charge in [-0.1, -0.05) is 45.9 Å². The summed E-state index contributed by atoms with van der Waals surface area (Å²) in [5, 5.41) is 2.88. The van der Waals surface area contributed by atoms with Crippen LogP contribution in [-0.4, -0.2) is 26.2 Å². The highest BCUT2D eigenvalue weighted by molar-refractivity contribution is 5.93. The number of carbonyl (C=O) groups excluding carboxylic acids is 1. The first-order valence-electron chi connectivity index (χ1n) is 9.18. The van der Waals surface area contributed by atoms with Crippen molar-refractivity contribution in [2.45, 2.75) is 39.5 Å². The highest BCUT2D eigenvalue weighted by atomic mass is 16.5. The molecular weight excluding hydrogens is 342 g/mol. The van der Waals surface area contributed by atoms with Crippen molar-refractivity contribution in [3.63, 3.8) is 0 Å². The maximum absolute atomic E-state index is 12.4. The molecule has 0 aliphatic heterocycles. The summed E-state index contributed by atoms with van der Waals surface area (Å²) in [4.78, 5) is 12.4. The van der Waals surface area contributed by atoms with E-state index in [0.29, 0.717) is 29.5 Å². The number of anilines is 1. The molecule has 2 rings (SSSR count). The lowest BCUT2D eigenvalue weighted by atomic mass is 9.87. The van der Waals surface area contributed by atoms with E-state index in [1.165, 1.54) is 0 Å². The van der Waals surface area contributed by atoms with Crippen LogP contribution in [0.3, 0.4) is 0 Å². The van der Waals surface area contributed by atoms with Crippen molar-refractivity contribution in [2.75, 3.05) is 25.6 Å². The molecule has 0 radical (unpaired) electrons. The molecule has 0 saturated heterocycles. The number of benzene rings is 2. The molecule has 27 heavy (non-hydrogen) atoms. The summed E-state index contributed by atoms with van der Waals surface area (Å²) in [6, 6.07) is 13.2. The highest BCUT2D eigenvalue weighted by Crippen LogP contribution is 2.31. The van der Waals surface area contributed by atoms with Crippen molar-refractivity contribution in [1.29, 1.82) is 0 Å². The molecular formula is C22H29NO4. The first-order chi connectivity index (χ1) is 12.8. The number of hydrogen-bond acceptors (Lipinski definition) is 4. The van der Waals surface area contributed by atoms with Gasteiger partial charge >= 0.3 is 0 Å². The molecule has 0 fully saturated rings. The second kappa shape index (κ2) is 9.31.